The number of hydrogen-bond acceptors (Lipinski definition) is 2. The first-order valence-corrected chi connectivity index (χ1v) is 13.2. The van der Waals surface area contributed by atoms with Crippen molar-refractivity contribution in [3.8, 4) is 0 Å². The topological polar surface area (TPSA) is 49.6 Å². The molecule has 0 unspecified atom stereocenters. The molecule has 1 fully saturated rings. The van der Waals surface area contributed by atoms with Crippen LogP contribution in [0.5, 0.6) is 0 Å². The van der Waals surface area contributed by atoms with Crippen molar-refractivity contribution in [3.05, 3.63) is 64.7 Å². The Hall–Kier alpha value is -2.33. The molecule has 0 spiro atoms. The summed E-state index contributed by atoms with van der Waals surface area (Å²) >= 11 is 0. The van der Waals surface area contributed by atoms with Crippen molar-refractivity contribution >= 4 is 11.7 Å². The fraction of sp³-hybridized carbons (Fsp3) is 0.567. The van der Waals surface area contributed by atoms with Gasteiger partial charge in [0.25, 0.3) is 0 Å². The highest BCUT2D eigenvalue weighted by molar-refractivity contribution is 5.93. The second-order valence-electron chi connectivity index (χ2n) is 10.7. The van der Waals surface area contributed by atoms with E-state index in [1.807, 2.05) is 4.90 Å². The minimum atomic E-state index is -0.347. The molecule has 2 aromatic rings. The van der Waals surface area contributed by atoms with Gasteiger partial charge in [0, 0.05) is 18.5 Å². The molecule has 0 bridgehead atoms. The van der Waals surface area contributed by atoms with Crippen LogP contribution in [0.3, 0.4) is 0 Å². The third-order valence-electron chi connectivity index (χ3n) is 7.74. The number of primary amides is 1. The standard InChI is InChI=1S/C30H45N3O/c1-7-32(8-2)20-24-13-11-14-25(19-24)30(17-9-10-18-30)21-33(29(31)34)28-26(22(3)4)15-12-16-27(28)23(5)6/h11-16,19,22-23H,7-10,17-18,20-21H2,1-6H3,(H2,31,34). The third kappa shape index (κ3) is 5.66. The normalized spacial score (nSPS) is 15.4. The Morgan fingerprint density at radius 2 is 1.50 bits per heavy atom. The van der Waals surface area contributed by atoms with Gasteiger partial charge in [0.15, 0.2) is 0 Å². The molecule has 0 atom stereocenters. The number of rotatable bonds is 10. The molecule has 2 amide bonds. The number of anilines is 1. The van der Waals surface area contributed by atoms with E-state index in [2.05, 4.69) is 88.9 Å². The van der Waals surface area contributed by atoms with Crippen LogP contribution in [0.1, 0.15) is 101 Å². The Morgan fingerprint density at radius 1 is 0.941 bits per heavy atom. The van der Waals surface area contributed by atoms with Crippen LogP contribution in [0, 0.1) is 0 Å². The van der Waals surface area contributed by atoms with E-state index in [-0.39, 0.29) is 11.4 Å². The van der Waals surface area contributed by atoms with Crippen LogP contribution < -0.4 is 10.6 Å². The summed E-state index contributed by atoms with van der Waals surface area (Å²) in [6.07, 6.45) is 4.56. The number of benzene rings is 2. The van der Waals surface area contributed by atoms with Crippen LogP contribution in [0.4, 0.5) is 10.5 Å². The zero-order chi connectivity index (χ0) is 24.9. The molecular formula is C30H45N3O. The highest BCUT2D eigenvalue weighted by Gasteiger charge is 2.39. The van der Waals surface area contributed by atoms with Gasteiger partial charge in [-0.05, 0) is 60.0 Å². The van der Waals surface area contributed by atoms with Gasteiger partial charge in [0.2, 0.25) is 0 Å². The number of carbonyl (C=O) groups excluding carboxylic acids is 1. The van der Waals surface area contributed by atoms with Crippen molar-refractivity contribution in [1.29, 1.82) is 0 Å². The molecule has 0 aromatic heterocycles. The molecule has 4 heteroatoms. The van der Waals surface area contributed by atoms with Gasteiger partial charge in [-0.25, -0.2) is 4.79 Å². The van der Waals surface area contributed by atoms with Gasteiger partial charge < -0.3 is 5.73 Å². The van der Waals surface area contributed by atoms with E-state index in [0.29, 0.717) is 18.4 Å². The van der Waals surface area contributed by atoms with E-state index in [9.17, 15) is 4.79 Å². The van der Waals surface area contributed by atoms with Crippen molar-refractivity contribution in [2.24, 2.45) is 5.73 Å². The number of para-hydroxylation sites is 1. The summed E-state index contributed by atoms with van der Waals surface area (Å²) in [5, 5.41) is 0. The maximum Gasteiger partial charge on any atom is 0.319 e. The number of nitrogens with two attached hydrogens (primary N) is 1. The molecule has 2 N–H and O–H groups in total. The van der Waals surface area contributed by atoms with Crippen LogP contribution in [0.25, 0.3) is 0 Å². The smallest absolute Gasteiger partial charge is 0.319 e. The molecule has 0 aliphatic heterocycles. The Bertz CT molecular complexity index is 929. The van der Waals surface area contributed by atoms with E-state index in [1.165, 1.54) is 35.1 Å². The number of hydrogen-bond donors (Lipinski definition) is 1. The summed E-state index contributed by atoms with van der Waals surface area (Å²) in [5.74, 6) is 0.625. The minimum Gasteiger partial charge on any atom is -0.351 e. The highest BCUT2D eigenvalue weighted by atomic mass is 16.2. The lowest BCUT2D eigenvalue weighted by Crippen LogP contribution is -2.46. The quantitative estimate of drug-likeness (QED) is 0.406. The van der Waals surface area contributed by atoms with Crippen LogP contribution in [-0.4, -0.2) is 30.6 Å². The fourth-order valence-corrected chi connectivity index (χ4v) is 5.69. The largest absolute Gasteiger partial charge is 0.351 e. The van der Waals surface area contributed by atoms with E-state index in [1.54, 1.807) is 0 Å². The molecule has 186 valence electrons. The Labute approximate surface area is 207 Å². The lowest BCUT2D eigenvalue weighted by atomic mass is 9.77. The van der Waals surface area contributed by atoms with Crippen molar-refractivity contribution in [2.75, 3.05) is 24.5 Å². The molecule has 0 radical (unpaired) electrons. The monoisotopic (exact) mass is 463 g/mol. The van der Waals surface area contributed by atoms with Crippen LogP contribution in [0.2, 0.25) is 0 Å². The summed E-state index contributed by atoms with van der Waals surface area (Å²) < 4.78 is 0. The van der Waals surface area contributed by atoms with Gasteiger partial charge in [-0.2, -0.15) is 0 Å². The summed E-state index contributed by atoms with van der Waals surface area (Å²) in [6, 6.07) is 15.2. The molecule has 4 nitrogen and oxygen atoms in total. The Kier molecular flexibility index (Phi) is 8.81. The Balaban J connectivity index is 2.06. The lowest BCUT2D eigenvalue weighted by molar-refractivity contribution is 0.251. The molecule has 34 heavy (non-hydrogen) atoms. The average Bonchev–Trinajstić information content (AvgIpc) is 3.30. The van der Waals surface area contributed by atoms with Crippen molar-refractivity contribution in [3.63, 3.8) is 0 Å². The van der Waals surface area contributed by atoms with Crippen molar-refractivity contribution in [1.82, 2.24) is 4.90 Å². The highest BCUT2D eigenvalue weighted by Crippen LogP contribution is 2.44. The van der Waals surface area contributed by atoms with Crippen molar-refractivity contribution < 1.29 is 4.79 Å². The first kappa shape index (κ1) is 26.3. The molecule has 0 saturated heterocycles. The van der Waals surface area contributed by atoms with Gasteiger partial charge in [-0.15, -0.1) is 0 Å². The first-order chi connectivity index (χ1) is 16.2. The van der Waals surface area contributed by atoms with E-state index >= 15 is 0 Å². The second-order valence-corrected chi connectivity index (χ2v) is 10.7. The Morgan fingerprint density at radius 3 is 2.00 bits per heavy atom. The summed E-state index contributed by atoms with van der Waals surface area (Å²) in [7, 11) is 0. The molecule has 1 aliphatic carbocycles. The predicted molar refractivity (Wildman–Crippen MR) is 145 cm³/mol. The maximum absolute atomic E-state index is 13.0. The number of carbonyl (C=O) groups is 1. The van der Waals surface area contributed by atoms with E-state index in [0.717, 1.165) is 38.2 Å². The zero-order valence-corrected chi connectivity index (χ0v) is 22.2. The van der Waals surface area contributed by atoms with Crippen LogP contribution in [0.15, 0.2) is 42.5 Å². The van der Waals surface area contributed by atoms with Gasteiger partial charge in [0.05, 0.1) is 5.69 Å². The van der Waals surface area contributed by atoms with Gasteiger partial charge in [0.1, 0.15) is 0 Å². The summed E-state index contributed by atoms with van der Waals surface area (Å²) in [4.78, 5) is 17.4. The van der Waals surface area contributed by atoms with Crippen molar-refractivity contribution in [2.45, 2.75) is 91.0 Å². The zero-order valence-electron chi connectivity index (χ0n) is 22.2. The number of nitrogens with zero attached hydrogens (tertiary/aromatic N) is 2. The average molecular weight is 464 g/mol. The first-order valence-electron chi connectivity index (χ1n) is 13.2. The predicted octanol–water partition coefficient (Wildman–Crippen LogP) is 7.17. The van der Waals surface area contributed by atoms with Gasteiger partial charge >= 0.3 is 6.03 Å². The van der Waals surface area contributed by atoms with Gasteiger partial charge in [-0.3, -0.25) is 9.80 Å². The molecule has 0 heterocycles. The summed E-state index contributed by atoms with van der Waals surface area (Å²) in [5.41, 5.74) is 12.2. The molecule has 1 aliphatic rings. The fourth-order valence-electron chi connectivity index (χ4n) is 5.69. The third-order valence-corrected chi connectivity index (χ3v) is 7.74. The second kappa shape index (κ2) is 11.4. The molecule has 3 rings (SSSR count). The van der Waals surface area contributed by atoms with E-state index < -0.39 is 0 Å². The van der Waals surface area contributed by atoms with E-state index in [4.69, 9.17) is 5.73 Å². The van der Waals surface area contributed by atoms with Crippen LogP contribution >= 0.6 is 0 Å². The lowest BCUT2D eigenvalue weighted by Gasteiger charge is -2.38. The minimum absolute atomic E-state index is 0.0629. The number of urea groups is 1. The SMILES string of the molecule is CCN(CC)Cc1cccc(C2(CN(C(N)=O)c3c(C(C)C)cccc3C(C)C)CCCC2)c1. The number of amides is 2. The van der Waals surface area contributed by atoms with Crippen LogP contribution in [-0.2, 0) is 12.0 Å². The van der Waals surface area contributed by atoms with Gasteiger partial charge in [-0.1, -0.05) is 96.8 Å². The maximum atomic E-state index is 13.0. The molecule has 1 saturated carbocycles. The summed E-state index contributed by atoms with van der Waals surface area (Å²) in [6.45, 7) is 16.9. The molecular weight excluding hydrogens is 418 g/mol. The molecule has 2 aromatic carbocycles.